The third-order valence-electron chi connectivity index (χ3n) is 4.63. The summed E-state index contributed by atoms with van der Waals surface area (Å²) in [5.74, 6) is 0.125. The van der Waals surface area contributed by atoms with E-state index in [9.17, 15) is 9.59 Å². The summed E-state index contributed by atoms with van der Waals surface area (Å²) in [4.78, 5) is 27.7. The van der Waals surface area contributed by atoms with Gasteiger partial charge in [0.05, 0.1) is 27.6 Å². The van der Waals surface area contributed by atoms with Crippen molar-refractivity contribution in [2.45, 2.75) is 6.92 Å². The maximum absolute atomic E-state index is 12.2. The monoisotopic (exact) mass is 443 g/mol. The maximum atomic E-state index is 12.2. The highest BCUT2D eigenvalue weighted by atomic mass is 35.5. The Balaban J connectivity index is 1.59. The molecule has 1 aromatic heterocycles. The fourth-order valence-electron chi connectivity index (χ4n) is 3.01. The molecule has 1 fully saturated rings. The predicted octanol–water partition coefficient (Wildman–Crippen LogP) is 2.77. The number of benzene rings is 1. The van der Waals surface area contributed by atoms with Gasteiger partial charge in [-0.3, -0.25) is 14.5 Å². The molecule has 1 aliphatic heterocycles. The molecular formula is C18H20Cl3N5O2. The summed E-state index contributed by atoms with van der Waals surface area (Å²) in [5.41, 5.74) is 0.760. The highest BCUT2D eigenvalue weighted by Gasteiger charge is 2.18. The highest BCUT2D eigenvalue weighted by molar-refractivity contribution is 6.41. The van der Waals surface area contributed by atoms with Crippen molar-refractivity contribution in [3.63, 3.8) is 0 Å². The number of anilines is 1. The molecule has 0 bridgehead atoms. The van der Waals surface area contributed by atoms with Crippen LogP contribution in [0.2, 0.25) is 15.1 Å². The minimum atomic E-state index is -0.504. The number of hydrogen-bond acceptors (Lipinski definition) is 5. The molecule has 1 amide bonds. The van der Waals surface area contributed by atoms with Gasteiger partial charge in [-0.15, -0.1) is 0 Å². The van der Waals surface area contributed by atoms with Crippen molar-refractivity contribution in [1.29, 1.82) is 0 Å². The van der Waals surface area contributed by atoms with Gasteiger partial charge in [0.2, 0.25) is 5.91 Å². The predicted molar refractivity (Wildman–Crippen MR) is 112 cm³/mol. The average molecular weight is 445 g/mol. The molecule has 0 atom stereocenters. The quantitative estimate of drug-likeness (QED) is 0.768. The summed E-state index contributed by atoms with van der Waals surface area (Å²) in [6.45, 7) is 6.40. The van der Waals surface area contributed by atoms with Gasteiger partial charge in [0.15, 0.2) is 0 Å². The molecule has 0 spiro atoms. The number of halogens is 3. The van der Waals surface area contributed by atoms with Gasteiger partial charge < -0.3 is 10.2 Å². The van der Waals surface area contributed by atoms with Gasteiger partial charge in [-0.1, -0.05) is 34.8 Å². The standard InChI is InChI=1S/C18H20Cl3N5O2/c1-12(27)25-8-6-24(7-9-25)5-4-22-16-3-2-13(10-14(16)19)26-18(28)17(21)15(20)11-23-26/h2-3,10-11,22H,4-9H2,1H3. The van der Waals surface area contributed by atoms with E-state index in [4.69, 9.17) is 34.8 Å². The molecule has 150 valence electrons. The molecule has 3 rings (SSSR count). The van der Waals surface area contributed by atoms with E-state index >= 15 is 0 Å². The van der Waals surface area contributed by atoms with Crippen molar-refractivity contribution in [3.8, 4) is 5.69 Å². The van der Waals surface area contributed by atoms with Gasteiger partial charge >= 0.3 is 0 Å². The SMILES string of the molecule is CC(=O)N1CCN(CCNc2ccc(-n3ncc(Cl)c(Cl)c3=O)cc2Cl)CC1. The molecule has 1 saturated heterocycles. The summed E-state index contributed by atoms with van der Waals surface area (Å²) in [6.07, 6.45) is 1.32. The Morgan fingerprint density at radius 3 is 2.50 bits per heavy atom. The fraction of sp³-hybridized carbons (Fsp3) is 0.389. The van der Waals surface area contributed by atoms with Crippen molar-refractivity contribution in [1.82, 2.24) is 19.6 Å². The number of rotatable bonds is 5. The second-order valence-electron chi connectivity index (χ2n) is 6.46. The summed E-state index contributed by atoms with van der Waals surface area (Å²) < 4.78 is 1.15. The first-order valence-corrected chi connectivity index (χ1v) is 9.95. The van der Waals surface area contributed by atoms with Crippen LogP contribution in [0.1, 0.15) is 6.92 Å². The summed E-state index contributed by atoms with van der Waals surface area (Å²) in [5, 5.41) is 7.79. The van der Waals surface area contributed by atoms with E-state index in [1.165, 1.54) is 6.20 Å². The van der Waals surface area contributed by atoms with Gasteiger partial charge in [-0.25, -0.2) is 0 Å². The van der Waals surface area contributed by atoms with E-state index < -0.39 is 5.56 Å². The molecular weight excluding hydrogens is 425 g/mol. The molecule has 7 nitrogen and oxygen atoms in total. The lowest BCUT2D eigenvalue weighted by Gasteiger charge is -2.34. The summed E-state index contributed by atoms with van der Waals surface area (Å²) >= 11 is 18.1. The van der Waals surface area contributed by atoms with Crippen LogP contribution in [0.4, 0.5) is 5.69 Å². The largest absolute Gasteiger partial charge is 0.383 e. The van der Waals surface area contributed by atoms with E-state index in [-0.39, 0.29) is 16.0 Å². The van der Waals surface area contributed by atoms with Gasteiger partial charge in [0.1, 0.15) is 5.02 Å². The Morgan fingerprint density at radius 2 is 1.86 bits per heavy atom. The lowest BCUT2D eigenvalue weighted by molar-refractivity contribution is -0.130. The molecule has 2 aromatic rings. The van der Waals surface area contributed by atoms with E-state index in [0.29, 0.717) is 17.3 Å². The van der Waals surface area contributed by atoms with Crippen molar-refractivity contribution in [2.24, 2.45) is 0 Å². The zero-order chi connectivity index (χ0) is 20.3. The Bertz CT molecular complexity index is 926. The van der Waals surface area contributed by atoms with E-state index in [1.54, 1.807) is 25.1 Å². The number of nitrogens with one attached hydrogen (secondary N) is 1. The van der Waals surface area contributed by atoms with Crippen molar-refractivity contribution < 1.29 is 4.79 Å². The van der Waals surface area contributed by atoms with Crippen LogP contribution in [0.15, 0.2) is 29.2 Å². The third-order valence-corrected chi connectivity index (χ3v) is 5.70. The number of carbonyl (C=O) groups is 1. The molecule has 0 unspecified atom stereocenters. The van der Waals surface area contributed by atoms with Crippen LogP contribution in [0, 0.1) is 0 Å². The van der Waals surface area contributed by atoms with Crippen molar-refractivity contribution in [2.75, 3.05) is 44.6 Å². The number of piperazine rings is 1. The minimum Gasteiger partial charge on any atom is -0.383 e. The topological polar surface area (TPSA) is 70.5 Å². The first-order valence-electron chi connectivity index (χ1n) is 8.82. The number of carbonyl (C=O) groups excluding carboxylic acids is 1. The smallest absolute Gasteiger partial charge is 0.291 e. The zero-order valence-corrected chi connectivity index (χ0v) is 17.6. The molecule has 0 aliphatic carbocycles. The third kappa shape index (κ3) is 4.78. The van der Waals surface area contributed by atoms with Crippen molar-refractivity contribution >= 4 is 46.4 Å². The zero-order valence-electron chi connectivity index (χ0n) is 15.3. The number of hydrogen-bond donors (Lipinski definition) is 1. The van der Waals surface area contributed by atoms with Gasteiger partial charge in [-0.2, -0.15) is 9.78 Å². The van der Waals surface area contributed by atoms with Gasteiger partial charge in [0, 0.05) is 46.2 Å². The Kier molecular flexibility index (Phi) is 6.82. The van der Waals surface area contributed by atoms with Crippen LogP contribution < -0.4 is 10.9 Å². The molecule has 1 N–H and O–H groups in total. The number of nitrogens with zero attached hydrogens (tertiary/aromatic N) is 4. The fourth-order valence-corrected chi connectivity index (χ4v) is 3.51. The van der Waals surface area contributed by atoms with Crippen LogP contribution >= 0.6 is 34.8 Å². The Hall–Kier alpha value is -1.80. The van der Waals surface area contributed by atoms with Crippen LogP contribution in [0.25, 0.3) is 5.69 Å². The first kappa shape index (κ1) is 20.9. The molecule has 1 aromatic carbocycles. The van der Waals surface area contributed by atoms with Crippen LogP contribution in [0.3, 0.4) is 0 Å². The molecule has 0 saturated carbocycles. The van der Waals surface area contributed by atoms with Crippen LogP contribution in [-0.4, -0.2) is 64.8 Å². The van der Waals surface area contributed by atoms with Crippen LogP contribution in [-0.2, 0) is 4.79 Å². The lowest BCUT2D eigenvalue weighted by atomic mass is 10.2. The normalized spacial score (nSPS) is 14.9. The number of amides is 1. The Morgan fingerprint density at radius 1 is 1.14 bits per heavy atom. The first-order chi connectivity index (χ1) is 13.4. The van der Waals surface area contributed by atoms with E-state index in [0.717, 1.165) is 43.1 Å². The van der Waals surface area contributed by atoms with Crippen LogP contribution in [0.5, 0.6) is 0 Å². The molecule has 28 heavy (non-hydrogen) atoms. The molecule has 10 heteroatoms. The van der Waals surface area contributed by atoms with Gasteiger partial charge in [0.25, 0.3) is 5.56 Å². The summed E-state index contributed by atoms with van der Waals surface area (Å²) in [6, 6.07) is 5.18. The molecule has 1 aliphatic rings. The van der Waals surface area contributed by atoms with E-state index in [1.807, 2.05) is 4.90 Å². The summed E-state index contributed by atoms with van der Waals surface area (Å²) in [7, 11) is 0. The lowest BCUT2D eigenvalue weighted by Crippen LogP contribution is -2.49. The van der Waals surface area contributed by atoms with E-state index in [2.05, 4.69) is 15.3 Å². The second-order valence-corrected chi connectivity index (χ2v) is 7.65. The average Bonchev–Trinajstić information content (AvgIpc) is 2.68. The van der Waals surface area contributed by atoms with Crippen molar-refractivity contribution in [3.05, 3.63) is 49.8 Å². The number of aromatic nitrogens is 2. The highest BCUT2D eigenvalue weighted by Crippen LogP contribution is 2.25. The molecule has 0 radical (unpaired) electrons. The molecule has 2 heterocycles. The maximum Gasteiger partial charge on any atom is 0.291 e. The Labute approximate surface area is 177 Å². The van der Waals surface area contributed by atoms with Gasteiger partial charge in [-0.05, 0) is 18.2 Å². The minimum absolute atomic E-state index is 0.0835. The second kappa shape index (κ2) is 9.13.